The summed E-state index contributed by atoms with van der Waals surface area (Å²) in [6.45, 7) is -0.243. The molecule has 0 aliphatic carbocycles. The predicted molar refractivity (Wildman–Crippen MR) is 129 cm³/mol. The van der Waals surface area contributed by atoms with E-state index in [0.29, 0.717) is 5.56 Å². The molecule has 3 aromatic rings. The minimum atomic E-state index is -3.72. The SMILES string of the molecule is NC(N)=NOCCNC(=O)Cn1cccc(CNS(=O)(=O)Cc2cccc3ccccc23)c1=O. The van der Waals surface area contributed by atoms with Crippen molar-refractivity contribution in [3.05, 3.63) is 82.3 Å². The Morgan fingerprint density at radius 2 is 1.76 bits per heavy atom. The number of nitrogens with two attached hydrogens (primary N) is 2. The average molecular weight is 487 g/mol. The third-order valence-corrected chi connectivity index (χ3v) is 6.08. The number of hydrogen-bond acceptors (Lipinski definition) is 6. The normalized spacial score (nSPS) is 11.2. The highest BCUT2D eigenvalue weighted by Crippen LogP contribution is 2.20. The van der Waals surface area contributed by atoms with Crippen LogP contribution in [0.3, 0.4) is 0 Å². The molecule has 0 radical (unpaired) electrons. The molecular weight excluding hydrogens is 460 g/mol. The lowest BCUT2D eigenvalue weighted by Gasteiger charge is -2.11. The fraction of sp³-hybridized carbons (Fsp3) is 0.227. The Balaban J connectivity index is 1.59. The van der Waals surface area contributed by atoms with Gasteiger partial charge >= 0.3 is 0 Å². The van der Waals surface area contributed by atoms with Crippen LogP contribution in [0, 0.1) is 0 Å². The minimum Gasteiger partial charge on any atom is -0.391 e. The van der Waals surface area contributed by atoms with Crippen LogP contribution in [0.4, 0.5) is 0 Å². The Labute approximate surface area is 196 Å². The van der Waals surface area contributed by atoms with Gasteiger partial charge in [-0.1, -0.05) is 48.5 Å². The van der Waals surface area contributed by atoms with Gasteiger partial charge in [0, 0.05) is 18.3 Å². The molecule has 0 fully saturated rings. The minimum absolute atomic E-state index is 0.0526. The lowest BCUT2D eigenvalue weighted by Crippen LogP contribution is -2.36. The molecule has 0 aliphatic rings. The summed E-state index contributed by atoms with van der Waals surface area (Å²) >= 11 is 0. The smallest absolute Gasteiger partial charge is 0.255 e. The number of pyridine rings is 1. The van der Waals surface area contributed by atoms with Gasteiger partial charge in [-0.2, -0.15) is 0 Å². The monoisotopic (exact) mass is 486 g/mol. The van der Waals surface area contributed by atoms with E-state index in [4.69, 9.17) is 16.3 Å². The van der Waals surface area contributed by atoms with Crippen LogP contribution in [0.2, 0.25) is 0 Å². The first-order chi connectivity index (χ1) is 16.2. The van der Waals surface area contributed by atoms with E-state index in [1.54, 1.807) is 18.2 Å². The zero-order valence-electron chi connectivity index (χ0n) is 18.3. The number of fused-ring (bicyclic) bond motifs is 1. The van der Waals surface area contributed by atoms with Crippen molar-refractivity contribution in [3.63, 3.8) is 0 Å². The van der Waals surface area contributed by atoms with Gasteiger partial charge in [0.2, 0.25) is 21.9 Å². The summed E-state index contributed by atoms with van der Waals surface area (Å²) in [5.41, 5.74) is 10.6. The highest BCUT2D eigenvalue weighted by Gasteiger charge is 2.15. The zero-order valence-corrected chi connectivity index (χ0v) is 19.1. The number of guanidine groups is 1. The van der Waals surface area contributed by atoms with Gasteiger partial charge in [-0.3, -0.25) is 9.59 Å². The van der Waals surface area contributed by atoms with Gasteiger partial charge in [0.25, 0.3) is 5.56 Å². The third kappa shape index (κ3) is 7.05. The molecule has 0 unspecified atom stereocenters. The first-order valence-electron chi connectivity index (χ1n) is 10.3. The number of hydrogen-bond donors (Lipinski definition) is 4. The summed E-state index contributed by atoms with van der Waals surface area (Å²) in [6, 6.07) is 16.1. The summed E-state index contributed by atoms with van der Waals surface area (Å²) in [6.07, 6.45) is 1.45. The van der Waals surface area contributed by atoms with Crippen LogP contribution in [0.5, 0.6) is 0 Å². The van der Waals surface area contributed by atoms with Crippen LogP contribution in [0.15, 0.2) is 70.7 Å². The third-order valence-electron chi connectivity index (χ3n) is 4.81. The fourth-order valence-electron chi connectivity index (χ4n) is 3.27. The number of rotatable bonds is 11. The maximum absolute atomic E-state index is 12.7. The molecule has 0 bridgehead atoms. The van der Waals surface area contributed by atoms with Crippen molar-refractivity contribution in [2.45, 2.75) is 18.8 Å². The second kappa shape index (κ2) is 11.3. The Kier molecular flexibility index (Phi) is 8.22. The number of carbonyl (C=O) groups is 1. The molecule has 0 saturated carbocycles. The molecule has 12 heteroatoms. The van der Waals surface area contributed by atoms with Gasteiger partial charge in [0.15, 0.2) is 0 Å². The van der Waals surface area contributed by atoms with Crippen molar-refractivity contribution in [1.82, 2.24) is 14.6 Å². The number of carbonyl (C=O) groups excluding carboxylic acids is 1. The van der Waals surface area contributed by atoms with Crippen molar-refractivity contribution < 1.29 is 18.0 Å². The van der Waals surface area contributed by atoms with E-state index >= 15 is 0 Å². The molecule has 0 aliphatic heterocycles. The number of nitrogens with one attached hydrogen (secondary N) is 2. The van der Waals surface area contributed by atoms with E-state index < -0.39 is 21.5 Å². The number of nitrogens with zero attached hydrogens (tertiary/aromatic N) is 2. The van der Waals surface area contributed by atoms with E-state index in [1.165, 1.54) is 16.8 Å². The predicted octanol–water partition coefficient (Wildman–Crippen LogP) is -0.0577. The first kappa shape index (κ1) is 24.7. The van der Waals surface area contributed by atoms with Crippen LogP contribution in [-0.4, -0.2) is 38.0 Å². The van der Waals surface area contributed by atoms with Crippen LogP contribution < -0.4 is 27.1 Å². The molecule has 0 saturated heterocycles. The Morgan fingerprint density at radius 3 is 2.56 bits per heavy atom. The molecule has 180 valence electrons. The van der Waals surface area contributed by atoms with Crippen molar-refractivity contribution >= 4 is 32.7 Å². The summed E-state index contributed by atoms with van der Waals surface area (Å²) < 4.78 is 29.0. The largest absolute Gasteiger partial charge is 0.391 e. The van der Waals surface area contributed by atoms with Crippen molar-refractivity contribution in [3.8, 4) is 0 Å². The molecule has 0 atom stereocenters. The van der Waals surface area contributed by atoms with Gasteiger partial charge in [0.1, 0.15) is 13.2 Å². The van der Waals surface area contributed by atoms with Gasteiger partial charge < -0.3 is 26.2 Å². The summed E-state index contributed by atoms with van der Waals surface area (Å²) in [7, 11) is -3.72. The summed E-state index contributed by atoms with van der Waals surface area (Å²) in [5.74, 6) is -0.883. The van der Waals surface area contributed by atoms with E-state index in [2.05, 4.69) is 15.2 Å². The van der Waals surface area contributed by atoms with E-state index in [9.17, 15) is 18.0 Å². The van der Waals surface area contributed by atoms with Crippen molar-refractivity contribution in [2.24, 2.45) is 16.6 Å². The quantitative estimate of drug-likeness (QED) is 0.127. The Hall–Kier alpha value is -3.90. The van der Waals surface area contributed by atoms with Crippen molar-refractivity contribution in [1.29, 1.82) is 0 Å². The number of sulfonamides is 1. The summed E-state index contributed by atoms with van der Waals surface area (Å²) in [4.78, 5) is 29.5. The van der Waals surface area contributed by atoms with Gasteiger partial charge in [0.05, 0.1) is 12.3 Å². The fourth-order valence-corrected chi connectivity index (χ4v) is 4.41. The van der Waals surface area contributed by atoms with E-state index in [1.807, 2.05) is 30.3 Å². The molecule has 3 rings (SSSR count). The average Bonchev–Trinajstić information content (AvgIpc) is 2.79. The molecule has 34 heavy (non-hydrogen) atoms. The lowest BCUT2D eigenvalue weighted by molar-refractivity contribution is -0.121. The molecule has 2 aromatic carbocycles. The van der Waals surface area contributed by atoms with Gasteiger partial charge in [-0.25, -0.2) is 13.1 Å². The van der Waals surface area contributed by atoms with Gasteiger partial charge in [-0.15, -0.1) is 0 Å². The maximum atomic E-state index is 12.7. The summed E-state index contributed by atoms with van der Waals surface area (Å²) in [5, 5.41) is 7.69. The van der Waals surface area contributed by atoms with Crippen LogP contribution in [0.25, 0.3) is 10.8 Å². The van der Waals surface area contributed by atoms with E-state index in [0.717, 1.165) is 10.8 Å². The molecule has 11 nitrogen and oxygen atoms in total. The molecule has 0 spiro atoms. The number of benzene rings is 2. The van der Waals surface area contributed by atoms with Crippen LogP contribution in [0.1, 0.15) is 11.1 Å². The standard InChI is InChI=1S/C22H26N6O5S/c23-22(24)27-33-12-10-25-20(29)14-28-11-4-8-17(21(28)30)13-26-34(31,32)15-18-7-3-6-16-5-1-2-9-19(16)18/h1-9,11,26H,10,12-15H2,(H,25,29)(H4,23,24,27). The zero-order chi connectivity index (χ0) is 24.6. The molecule has 1 heterocycles. The molecule has 6 N–H and O–H groups in total. The number of aromatic nitrogens is 1. The van der Waals surface area contributed by atoms with Crippen LogP contribution in [-0.2, 0) is 38.5 Å². The molecular formula is C22H26N6O5S. The lowest BCUT2D eigenvalue weighted by atomic mass is 10.1. The molecule has 1 amide bonds. The second-order valence-electron chi connectivity index (χ2n) is 7.38. The Bertz CT molecular complexity index is 1340. The number of oxime groups is 1. The highest BCUT2D eigenvalue weighted by molar-refractivity contribution is 7.88. The topological polar surface area (TPSA) is 171 Å². The second-order valence-corrected chi connectivity index (χ2v) is 9.19. The van der Waals surface area contributed by atoms with Gasteiger partial charge in [-0.05, 0) is 27.6 Å². The van der Waals surface area contributed by atoms with Crippen molar-refractivity contribution in [2.75, 3.05) is 13.2 Å². The maximum Gasteiger partial charge on any atom is 0.255 e. The Morgan fingerprint density at radius 1 is 1.03 bits per heavy atom. The molecule has 1 aromatic heterocycles. The number of amides is 1. The highest BCUT2D eigenvalue weighted by atomic mass is 32.2. The first-order valence-corrected chi connectivity index (χ1v) is 12.0. The van der Waals surface area contributed by atoms with Crippen LogP contribution >= 0.6 is 0 Å². The van der Waals surface area contributed by atoms with E-state index in [-0.39, 0.29) is 43.5 Å².